The van der Waals surface area contributed by atoms with E-state index in [0.29, 0.717) is 19.3 Å². The zero-order valence-electron chi connectivity index (χ0n) is 16.5. The van der Waals surface area contributed by atoms with Crippen LogP contribution in [0.1, 0.15) is 54.0 Å². The lowest BCUT2D eigenvalue weighted by atomic mass is 9.38. The number of hydrogen-bond acceptors (Lipinski definition) is 6. The predicted molar refractivity (Wildman–Crippen MR) is 97.8 cm³/mol. The maximum atomic E-state index is 12.5. The Balaban J connectivity index is 1.22. The van der Waals surface area contributed by atoms with Crippen molar-refractivity contribution in [3.05, 3.63) is 47.8 Å². The van der Waals surface area contributed by atoms with Crippen molar-refractivity contribution in [3.63, 3.8) is 0 Å². The summed E-state index contributed by atoms with van der Waals surface area (Å²) in [5.41, 5.74) is -2.21. The van der Waals surface area contributed by atoms with Gasteiger partial charge < -0.3 is 10.1 Å². The molecule has 0 aromatic carbocycles. The van der Waals surface area contributed by atoms with Gasteiger partial charge in [0.2, 0.25) is 0 Å². The molecule has 1 amide bonds. The van der Waals surface area contributed by atoms with Gasteiger partial charge in [0, 0.05) is 12.0 Å². The van der Waals surface area contributed by atoms with E-state index in [2.05, 4.69) is 20.3 Å². The molecular weight excluding hydrogens is 439 g/mol. The summed E-state index contributed by atoms with van der Waals surface area (Å²) in [6.45, 7) is -0.382. The summed E-state index contributed by atoms with van der Waals surface area (Å²) >= 11 is 0. The first kappa shape index (κ1) is 22.0. The molecule has 0 spiro atoms. The highest BCUT2D eigenvalue weighted by Gasteiger charge is 2.68. The zero-order valence-corrected chi connectivity index (χ0v) is 16.5. The Kier molecular flexibility index (Phi) is 5.33. The van der Waals surface area contributed by atoms with E-state index in [4.69, 9.17) is 4.74 Å². The van der Waals surface area contributed by atoms with Crippen molar-refractivity contribution in [2.45, 2.75) is 43.8 Å². The summed E-state index contributed by atoms with van der Waals surface area (Å²) in [6.07, 6.45) is -2.55. The minimum Gasteiger partial charge on any atom is -0.482 e. The Labute approximate surface area is 178 Å². The first-order valence-electron chi connectivity index (χ1n) is 9.60. The van der Waals surface area contributed by atoms with Crippen LogP contribution in [0.2, 0.25) is 0 Å². The van der Waals surface area contributed by atoms with E-state index in [1.54, 1.807) is 0 Å². The molecule has 2 bridgehead atoms. The average molecular weight is 456 g/mol. The molecule has 3 aliphatic rings. The highest BCUT2D eigenvalue weighted by Crippen LogP contribution is 2.69. The summed E-state index contributed by atoms with van der Waals surface area (Å²) < 4.78 is 67.7. The van der Waals surface area contributed by atoms with Gasteiger partial charge in [-0.1, -0.05) is 0 Å². The van der Waals surface area contributed by atoms with Crippen molar-refractivity contribution in [1.29, 1.82) is 0 Å². The van der Waals surface area contributed by atoms with Gasteiger partial charge in [-0.3, -0.25) is 14.6 Å². The summed E-state index contributed by atoms with van der Waals surface area (Å²) in [5.74, 6) is -0.694. The van der Waals surface area contributed by atoms with Gasteiger partial charge in [0.15, 0.2) is 12.4 Å². The monoisotopic (exact) mass is 456 g/mol. The lowest BCUT2D eigenvalue weighted by molar-refractivity contribution is -0.164. The fourth-order valence-corrected chi connectivity index (χ4v) is 4.46. The first-order valence-corrected chi connectivity index (χ1v) is 9.60. The number of aromatic nitrogens is 3. The van der Waals surface area contributed by atoms with E-state index in [1.165, 1.54) is 0 Å². The molecule has 3 fully saturated rings. The lowest BCUT2D eigenvalue weighted by Gasteiger charge is -2.70. The van der Waals surface area contributed by atoms with Gasteiger partial charge in [0.1, 0.15) is 22.8 Å². The third kappa shape index (κ3) is 4.39. The quantitative estimate of drug-likeness (QED) is 0.483. The Hall–Kier alpha value is -3.18. The van der Waals surface area contributed by atoms with Gasteiger partial charge in [-0.05, 0) is 36.8 Å². The third-order valence-corrected chi connectivity index (χ3v) is 5.66. The van der Waals surface area contributed by atoms with E-state index in [9.17, 15) is 31.5 Å². The molecule has 3 saturated carbocycles. The van der Waals surface area contributed by atoms with Gasteiger partial charge in [-0.25, -0.2) is 18.7 Å². The molecule has 0 unspecified atom stereocenters. The first-order chi connectivity index (χ1) is 15.0. The molecule has 12 heteroatoms. The number of nitrogens with zero attached hydrogens (tertiary/aromatic N) is 3. The molecular formula is C20H17F5N4O3. The Bertz CT molecular complexity index is 1010. The van der Waals surface area contributed by atoms with Crippen LogP contribution in [0.15, 0.2) is 30.7 Å². The number of Topliss-reactive ketones (excluding diaryl/α,β-unsaturated/α-hetero) is 1. The molecule has 1 N–H and O–H groups in total. The molecule has 0 atom stereocenters. The molecule has 2 aromatic rings. The summed E-state index contributed by atoms with van der Waals surface area (Å²) in [7, 11) is 0. The molecule has 7 nitrogen and oxygen atoms in total. The smallest absolute Gasteiger partial charge is 0.433 e. The van der Waals surface area contributed by atoms with Crippen LogP contribution in [0.25, 0.3) is 0 Å². The van der Waals surface area contributed by atoms with E-state index < -0.39 is 35.4 Å². The van der Waals surface area contributed by atoms with Crippen LogP contribution in [-0.2, 0) is 11.0 Å². The second-order valence-corrected chi connectivity index (χ2v) is 8.25. The number of carbonyl (C=O) groups is 2. The molecule has 0 aliphatic heterocycles. The van der Waals surface area contributed by atoms with Crippen LogP contribution in [0.5, 0.6) is 5.75 Å². The number of ketones is 1. The zero-order chi connectivity index (χ0) is 23.1. The number of halogens is 5. The maximum Gasteiger partial charge on any atom is 0.433 e. The van der Waals surface area contributed by atoms with Crippen molar-refractivity contribution in [1.82, 2.24) is 20.3 Å². The van der Waals surface area contributed by atoms with Crippen molar-refractivity contribution < 1.29 is 36.3 Å². The second kappa shape index (κ2) is 7.75. The largest absolute Gasteiger partial charge is 0.482 e. The fourth-order valence-electron chi connectivity index (χ4n) is 4.46. The van der Waals surface area contributed by atoms with Crippen LogP contribution in [0.3, 0.4) is 0 Å². The van der Waals surface area contributed by atoms with Crippen molar-refractivity contribution in [3.8, 4) is 5.75 Å². The number of carbonyl (C=O) groups excluding carboxylic acids is 2. The summed E-state index contributed by atoms with van der Waals surface area (Å²) in [4.78, 5) is 35.0. The molecule has 0 radical (unpaired) electrons. The molecule has 170 valence electrons. The van der Waals surface area contributed by atoms with Gasteiger partial charge in [-0.15, -0.1) is 0 Å². The van der Waals surface area contributed by atoms with E-state index >= 15 is 0 Å². The summed E-state index contributed by atoms with van der Waals surface area (Å²) in [6, 6.07) is 1.85. The van der Waals surface area contributed by atoms with Crippen molar-refractivity contribution >= 4 is 11.7 Å². The number of pyridine rings is 1. The van der Waals surface area contributed by atoms with Crippen molar-refractivity contribution in [2.75, 3.05) is 6.61 Å². The molecule has 2 heterocycles. The van der Waals surface area contributed by atoms with Crippen molar-refractivity contribution in [2.24, 2.45) is 5.41 Å². The maximum absolute atomic E-state index is 12.5. The Morgan fingerprint density at radius 3 is 2.31 bits per heavy atom. The summed E-state index contributed by atoms with van der Waals surface area (Å²) in [5, 5.41) is 2.84. The highest BCUT2D eigenvalue weighted by molar-refractivity contribution is 5.94. The average Bonchev–Trinajstić information content (AvgIpc) is 2.69. The number of alkyl halides is 5. The fraction of sp³-hybridized carbons (Fsp3) is 0.450. The van der Waals surface area contributed by atoms with E-state index in [1.807, 2.05) is 0 Å². The molecule has 2 aromatic heterocycles. The molecule has 0 saturated heterocycles. The van der Waals surface area contributed by atoms with E-state index in [-0.39, 0.29) is 35.7 Å². The van der Waals surface area contributed by atoms with Crippen LogP contribution < -0.4 is 10.1 Å². The third-order valence-electron chi connectivity index (χ3n) is 5.66. The Morgan fingerprint density at radius 2 is 1.78 bits per heavy atom. The minimum absolute atomic E-state index is 0.0239. The second-order valence-electron chi connectivity index (χ2n) is 8.25. The lowest BCUT2D eigenvalue weighted by Crippen LogP contribution is -2.75. The molecule has 32 heavy (non-hydrogen) atoms. The standard InChI is InChI=1S/C20H17F5N4O3/c21-17(22)13-6-26-12(5-27-13)14(30)3-18-8-19(9-18,10-18)29-16(31)7-32-11-1-2-15(28-4-11)20(23,24)25/h1-2,4-6,17H,3,7-10H2,(H,29,31). The van der Waals surface area contributed by atoms with Gasteiger partial charge in [0.05, 0.1) is 18.6 Å². The van der Waals surface area contributed by atoms with Gasteiger partial charge >= 0.3 is 6.18 Å². The normalized spacial score (nSPS) is 23.8. The number of ether oxygens (including phenoxy) is 1. The van der Waals surface area contributed by atoms with Gasteiger partial charge in [0.25, 0.3) is 12.3 Å². The number of nitrogens with one attached hydrogen (secondary N) is 1. The highest BCUT2D eigenvalue weighted by atomic mass is 19.4. The van der Waals surface area contributed by atoms with Crippen LogP contribution in [-0.4, -0.2) is 38.8 Å². The number of rotatable bonds is 8. The predicted octanol–water partition coefficient (Wildman–Crippen LogP) is 3.52. The Morgan fingerprint density at radius 1 is 1.06 bits per heavy atom. The topological polar surface area (TPSA) is 94.1 Å². The van der Waals surface area contributed by atoms with E-state index in [0.717, 1.165) is 30.7 Å². The van der Waals surface area contributed by atoms with Crippen LogP contribution >= 0.6 is 0 Å². The molecule has 3 aliphatic carbocycles. The minimum atomic E-state index is -4.56. The number of hydrogen-bond donors (Lipinski definition) is 1. The van der Waals surface area contributed by atoms with Crippen LogP contribution in [0.4, 0.5) is 22.0 Å². The number of amides is 1. The SMILES string of the molecule is O=C(COc1ccc(C(F)(F)F)nc1)NC12CC(CC(=O)c3cnc(C(F)F)cn3)(C1)C2. The van der Waals surface area contributed by atoms with Gasteiger partial charge in [-0.2, -0.15) is 13.2 Å². The molecule has 5 rings (SSSR count). The van der Waals surface area contributed by atoms with Crippen LogP contribution in [0, 0.1) is 5.41 Å².